The van der Waals surface area contributed by atoms with Gasteiger partial charge in [-0.3, -0.25) is 4.79 Å². The number of ether oxygens (including phenoxy) is 2. The molecular weight excluding hydrogens is 268 g/mol. The van der Waals surface area contributed by atoms with Gasteiger partial charge in [-0.05, 0) is 35.1 Å². The molecular formula is C17H26O4. The van der Waals surface area contributed by atoms with Crippen LogP contribution in [0.5, 0.6) is 5.75 Å². The summed E-state index contributed by atoms with van der Waals surface area (Å²) >= 11 is 0. The lowest BCUT2D eigenvalue weighted by molar-refractivity contribution is 0.0700. The molecule has 0 aromatic heterocycles. The first kappa shape index (κ1) is 17.7. The number of aldehydes is 1. The maximum Gasteiger partial charge on any atom is 0.150 e. The Morgan fingerprint density at radius 3 is 2.05 bits per heavy atom. The summed E-state index contributed by atoms with van der Waals surface area (Å²) in [5, 5.41) is 8.68. The minimum atomic E-state index is 0.0164. The average molecular weight is 294 g/mol. The summed E-state index contributed by atoms with van der Waals surface area (Å²) in [7, 11) is 0. The molecule has 0 heterocycles. The van der Waals surface area contributed by atoms with E-state index in [0.717, 1.165) is 23.2 Å². The second-order valence-corrected chi connectivity index (χ2v) is 5.64. The maximum atomic E-state index is 11.1. The fourth-order valence-electron chi connectivity index (χ4n) is 2.16. The molecule has 4 heteroatoms. The highest BCUT2D eigenvalue weighted by molar-refractivity contribution is 5.77. The van der Waals surface area contributed by atoms with Gasteiger partial charge in [-0.25, -0.2) is 0 Å². The fraction of sp³-hybridized carbons (Fsp3) is 0.588. The summed E-state index contributed by atoms with van der Waals surface area (Å²) in [4.78, 5) is 11.1. The van der Waals surface area contributed by atoms with Crippen molar-refractivity contribution in [3.8, 4) is 5.75 Å². The third-order valence-corrected chi connectivity index (χ3v) is 3.26. The molecule has 1 rings (SSSR count). The normalized spacial score (nSPS) is 11.2. The lowest BCUT2D eigenvalue weighted by atomic mass is 9.91. The van der Waals surface area contributed by atoms with Crippen LogP contribution in [0.15, 0.2) is 12.1 Å². The summed E-state index contributed by atoms with van der Waals surface area (Å²) in [6.07, 6.45) is 0.881. The Kier molecular flexibility index (Phi) is 7.40. The van der Waals surface area contributed by atoms with Gasteiger partial charge in [0.05, 0.1) is 19.8 Å². The zero-order valence-corrected chi connectivity index (χ0v) is 13.4. The van der Waals surface area contributed by atoms with Gasteiger partial charge in [0.15, 0.2) is 0 Å². The van der Waals surface area contributed by atoms with Crippen LogP contribution in [0, 0.1) is 0 Å². The summed E-state index contributed by atoms with van der Waals surface area (Å²) in [5.74, 6) is 1.41. The second-order valence-electron chi connectivity index (χ2n) is 5.64. The Bertz CT molecular complexity index is 423. The molecule has 1 aromatic rings. The Hall–Kier alpha value is -1.39. The molecule has 0 aliphatic rings. The molecule has 1 aromatic carbocycles. The quantitative estimate of drug-likeness (QED) is 0.561. The van der Waals surface area contributed by atoms with Crippen LogP contribution in [0.25, 0.3) is 0 Å². The molecule has 0 unspecified atom stereocenters. The fourth-order valence-corrected chi connectivity index (χ4v) is 2.16. The van der Waals surface area contributed by atoms with E-state index in [1.165, 1.54) is 0 Å². The van der Waals surface area contributed by atoms with Crippen molar-refractivity contribution in [2.75, 3.05) is 26.4 Å². The van der Waals surface area contributed by atoms with Crippen LogP contribution in [0.4, 0.5) is 0 Å². The van der Waals surface area contributed by atoms with Gasteiger partial charge < -0.3 is 14.6 Å². The predicted octanol–water partition coefficient (Wildman–Crippen LogP) is 3.13. The Labute approximate surface area is 127 Å². The van der Waals surface area contributed by atoms with Gasteiger partial charge in [-0.1, -0.05) is 27.7 Å². The van der Waals surface area contributed by atoms with E-state index in [9.17, 15) is 4.79 Å². The zero-order valence-electron chi connectivity index (χ0n) is 13.4. The molecule has 0 saturated heterocycles. The van der Waals surface area contributed by atoms with Crippen molar-refractivity contribution in [2.45, 2.75) is 39.5 Å². The van der Waals surface area contributed by atoms with E-state index < -0.39 is 0 Å². The highest BCUT2D eigenvalue weighted by atomic mass is 16.5. The largest absolute Gasteiger partial charge is 0.491 e. The monoisotopic (exact) mass is 294 g/mol. The smallest absolute Gasteiger partial charge is 0.150 e. The van der Waals surface area contributed by atoms with Gasteiger partial charge in [-0.15, -0.1) is 0 Å². The van der Waals surface area contributed by atoms with Crippen LogP contribution in [0.1, 0.15) is 61.0 Å². The summed E-state index contributed by atoms with van der Waals surface area (Å²) in [5.41, 5.74) is 2.78. The van der Waals surface area contributed by atoms with E-state index >= 15 is 0 Å². The first-order valence-corrected chi connectivity index (χ1v) is 7.45. The molecule has 0 amide bonds. The van der Waals surface area contributed by atoms with Crippen LogP contribution in [-0.4, -0.2) is 37.8 Å². The molecule has 0 fully saturated rings. The molecule has 0 bridgehead atoms. The number of hydrogen-bond donors (Lipinski definition) is 1. The molecule has 1 N–H and O–H groups in total. The molecule has 0 saturated carbocycles. The predicted molar refractivity (Wildman–Crippen MR) is 83.4 cm³/mol. The number of rotatable bonds is 9. The molecule has 0 atom stereocenters. The van der Waals surface area contributed by atoms with Crippen molar-refractivity contribution in [2.24, 2.45) is 0 Å². The average Bonchev–Trinajstić information content (AvgIpc) is 2.46. The van der Waals surface area contributed by atoms with E-state index in [2.05, 4.69) is 27.7 Å². The van der Waals surface area contributed by atoms with Crippen LogP contribution in [-0.2, 0) is 4.74 Å². The number of carbonyl (C=O) groups excluding carboxylic acids is 1. The van der Waals surface area contributed by atoms with Gasteiger partial charge in [0.1, 0.15) is 18.6 Å². The molecule has 0 aliphatic heterocycles. The minimum absolute atomic E-state index is 0.0164. The SMILES string of the molecule is CC(C)c1cc(C=O)cc(C(C)C)c1OCCOCCO. The topological polar surface area (TPSA) is 55.8 Å². The van der Waals surface area contributed by atoms with Crippen LogP contribution >= 0.6 is 0 Å². The van der Waals surface area contributed by atoms with E-state index in [1.54, 1.807) is 0 Å². The molecule has 21 heavy (non-hydrogen) atoms. The van der Waals surface area contributed by atoms with E-state index in [-0.39, 0.29) is 18.4 Å². The van der Waals surface area contributed by atoms with Gasteiger partial charge in [0.2, 0.25) is 0 Å². The zero-order chi connectivity index (χ0) is 15.8. The van der Waals surface area contributed by atoms with Gasteiger partial charge in [0, 0.05) is 5.56 Å². The number of aliphatic hydroxyl groups is 1. The maximum absolute atomic E-state index is 11.1. The molecule has 0 spiro atoms. The highest BCUT2D eigenvalue weighted by Crippen LogP contribution is 2.35. The van der Waals surface area contributed by atoms with Crippen molar-refractivity contribution in [1.29, 1.82) is 0 Å². The van der Waals surface area contributed by atoms with E-state index in [1.807, 2.05) is 12.1 Å². The number of carbonyl (C=O) groups is 1. The van der Waals surface area contributed by atoms with Gasteiger partial charge in [-0.2, -0.15) is 0 Å². The van der Waals surface area contributed by atoms with Crippen LogP contribution in [0.2, 0.25) is 0 Å². The summed E-state index contributed by atoms with van der Waals surface area (Å²) in [6.45, 7) is 9.55. The third kappa shape index (κ3) is 5.14. The van der Waals surface area contributed by atoms with Crippen molar-refractivity contribution < 1.29 is 19.4 Å². The molecule has 0 radical (unpaired) electrons. The Morgan fingerprint density at radius 1 is 1.05 bits per heavy atom. The van der Waals surface area contributed by atoms with Crippen molar-refractivity contribution in [1.82, 2.24) is 0 Å². The molecule has 0 aliphatic carbocycles. The number of benzene rings is 1. The second kappa shape index (κ2) is 8.80. The molecule has 4 nitrogen and oxygen atoms in total. The first-order chi connectivity index (χ1) is 10.0. The van der Waals surface area contributed by atoms with E-state index in [4.69, 9.17) is 14.6 Å². The highest BCUT2D eigenvalue weighted by Gasteiger charge is 2.17. The van der Waals surface area contributed by atoms with Crippen molar-refractivity contribution in [3.63, 3.8) is 0 Å². The Morgan fingerprint density at radius 2 is 1.62 bits per heavy atom. The third-order valence-electron chi connectivity index (χ3n) is 3.26. The Balaban J connectivity index is 2.99. The summed E-state index contributed by atoms with van der Waals surface area (Å²) in [6, 6.07) is 3.79. The molecule has 118 valence electrons. The first-order valence-electron chi connectivity index (χ1n) is 7.45. The number of aliphatic hydroxyl groups excluding tert-OH is 1. The van der Waals surface area contributed by atoms with E-state index in [0.29, 0.717) is 25.4 Å². The lowest BCUT2D eigenvalue weighted by Gasteiger charge is -2.21. The van der Waals surface area contributed by atoms with Crippen LogP contribution in [0.3, 0.4) is 0 Å². The van der Waals surface area contributed by atoms with Gasteiger partial charge >= 0.3 is 0 Å². The lowest BCUT2D eigenvalue weighted by Crippen LogP contribution is -2.12. The van der Waals surface area contributed by atoms with Crippen molar-refractivity contribution >= 4 is 6.29 Å². The standard InChI is InChI=1S/C17H26O4/c1-12(2)15-9-14(11-19)10-16(13(3)4)17(15)21-8-7-20-6-5-18/h9-13,18H,5-8H2,1-4H3. The number of hydrogen-bond acceptors (Lipinski definition) is 4. The van der Waals surface area contributed by atoms with Crippen LogP contribution < -0.4 is 4.74 Å². The van der Waals surface area contributed by atoms with Gasteiger partial charge in [0.25, 0.3) is 0 Å². The summed E-state index contributed by atoms with van der Waals surface area (Å²) < 4.78 is 11.1. The minimum Gasteiger partial charge on any atom is -0.491 e. The van der Waals surface area contributed by atoms with Crippen molar-refractivity contribution in [3.05, 3.63) is 28.8 Å².